The van der Waals surface area contributed by atoms with Crippen LogP contribution in [0.3, 0.4) is 0 Å². The van der Waals surface area contributed by atoms with Crippen molar-refractivity contribution >= 4 is 11.7 Å². The van der Waals surface area contributed by atoms with E-state index in [0.29, 0.717) is 12.1 Å². The number of hydrogen-bond acceptors (Lipinski definition) is 4. The summed E-state index contributed by atoms with van der Waals surface area (Å²) in [5, 5.41) is 7.51. The zero-order valence-corrected chi connectivity index (χ0v) is 11.1. The minimum atomic E-state index is 0.0537. The van der Waals surface area contributed by atoms with Crippen LogP contribution in [0.5, 0.6) is 0 Å². The van der Waals surface area contributed by atoms with E-state index < -0.39 is 0 Å². The van der Waals surface area contributed by atoms with E-state index in [-0.39, 0.29) is 5.84 Å². The number of amidine groups is 1. The topological polar surface area (TPSA) is 78.9 Å². The lowest BCUT2D eigenvalue weighted by atomic mass is 10.2. The maximum absolute atomic E-state index is 7.51. The van der Waals surface area contributed by atoms with Gasteiger partial charge in [-0.1, -0.05) is 6.07 Å². The summed E-state index contributed by atoms with van der Waals surface area (Å²) in [7, 11) is 1.94. The Balaban J connectivity index is 2.24. The number of hydrogen-bond donors (Lipinski definition) is 2. The average molecular weight is 255 g/mol. The van der Waals surface area contributed by atoms with Gasteiger partial charge in [-0.2, -0.15) is 0 Å². The van der Waals surface area contributed by atoms with Gasteiger partial charge in [0.2, 0.25) is 0 Å². The molecular weight excluding hydrogens is 238 g/mol. The second kappa shape index (κ2) is 5.48. The summed E-state index contributed by atoms with van der Waals surface area (Å²) in [6.07, 6.45) is 1.77. The number of aryl methyl sites for hydroxylation is 1. The van der Waals surface area contributed by atoms with Crippen molar-refractivity contribution in [2.45, 2.75) is 13.5 Å². The molecule has 19 heavy (non-hydrogen) atoms. The first-order chi connectivity index (χ1) is 9.06. The van der Waals surface area contributed by atoms with Crippen LogP contribution in [0.4, 0.5) is 5.82 Å². The van der Waals surface area contributed by atoms with Crippen molar-refractivity contribution in [3.05, 3.63) is 53.5 Å². The number of pyridine rings is 2. The van der Waals surface area contributed by atoms with Crippen LogP contribution in [0.1, 0.15) is 17.0 Å². The van der Waals surface area contributed by atoms with Crippen LogP contribution in [0.15, 0.2) is 36.5 Å². The lowest BCUT2D eigenvalue weighted by Gasteiger charge is -2.19. The SMILES string of the molecule is Cc1cc(C(=N)N)cc(N(C)Cc2ccccn2)n1. The molecule has 0 bridgehead atoms. The van der Waals surface area contributed by atoms with Crippen molar-refractivity contribution in [2.75, 3.05) is 11.9 Å². The van der Waals surface area contributed by atoms with Crippen molar-refractivity contribution in [3.8, 4) is 0 Å². The Kier molecular flexibility index (Phi) is 3.75. The molecule has 2 aromatic rings. The molecule has 0 radical (unpaired) electrons. The first kappa shape index (κ1) is 13.0. The zero-order valence-electron chi connectivity index (χ0n) is 11.1. The number of nitrogens with one attached hydrogen (secondary N) is 1. The fourth-order valence-electron chi connectivity index (χ4n) is 1.82. The van der Waals surface area contributed by atoms with Gasteiger partial charge < -0.3 is 10.6 Å². The third-order valence-electron chi connectivity index (χ3n) is 2.77. The van der Waals surface area contributed by atoms with Crippen LogP contribution in [0.2, 0.25) is 0 Å². The van der Waals surface area contributed by atoms with Crippen LogP contribution >= 0.6 is 0 Å². The smallest absolute Gasteiger partial charge is 0.129 e. The molecule has 5 heteroatoms. The van der Waals surface area contributed by atoms with E-state index >= 15 is 0 Å². The molecule has 0 aliphatic heterocycles. The van der Waals surface area contributed by atoms with Gasteiger partial charge in [0, 0.05) is 24.5 Å². The Morgan fingerprint density at radius 1 is 1.37 bits per heavy atom. The molecule has 0 aliphatic carbocycles. The molecule has 5 nitrogen and oxygen atoms in total. The lowest BCUT2D eigenvalue weighted by molar-refractivity contribution is 0.861. The highest BCUT2D eigenvalue weighted by molar-refractivity contribution is 5.95. The second-order valence-electron chi connectivity index (χ2n) is 4.45. The zero-order chi connectivity index (χ0) is 13.8. The van der Waals surface area contributed by atoms with E-state index in [9.17, 15) is 0 Å². The molecule has 3 N–H and O–H groups in total. The molecule has 0 saturated heterocycles. The monoisotopic (exact) mass is 255 g/mol. The van der Waals surface area contributed by atoms with Gasteiger partial charge in [-0.3, -0.25) is 10.4 Å². The van der Waals surface area contributed by atoms with Gasteiger partial charge in [-0.05, 0) is 31.2 Å². The van der Waals surface area contributed by atoms with Crippen LogP contribution in [0.25, 0.3) is 0 Å². The summed E-state index contributed by atoms with van der Waals surface area (Å²) in [5.41, 5.74) is 8.03. The summed E-state index contributed by atoms with van der Waals surface area (Å²) in [4.78, 5) is 10.7. The highest BCUT2D eigenvalue weighted by Gasteiger charge is 2.08. The molecule has 0 saturated carbocycles. The second-order valence-corrected chi connectivity index (χ2v) is 4.45. The standard InChI is InChI=1S/C14H17N5/c1-10-7-11(14(15)16)8-13(18-10)19(2)9-12-5-3-4-6-17-12/h3-8H,9H2,1-2H3,(H3,15,16). The van der Waals surface area contributed by atoms with Gasteiger partial charge in [-0.15, -0.1) is 0 Å². The number of nitrogens with two attached hydrogens (primary N) is 1. The van der Waals surface area contributed by atoms with Crippen molar-refractivity contribution in [1.29, 1.82) is 5.41 Å². The molecule has 0 amide bonds. The van der Waals surface area contributed by atoms with Crippen molar-refractivity contribution in [2.24, 2.45) is 5.73 Å². The normalized spacial score (nSPS) is 10.2. The van der Waals surface area contributed by atoms with Crippen molar-refractivity contribution < 1.29 is 0 Å². The molecule has 0 aliphatic rings. The maximum Gasteiger partial charge on any atom is 0.129 e. The quantitative estimate of drug-likeness (QED) is 0.644. The van der Waals surface area contributed by atoms with Gasteiger partial charge in [0.15, 0.2) is 0 Å². The minimum absolute atomic E-state index is 0.0537. The number of nitrogens with zero attached hydrogens (tertiary/aromatic N) is 3. The highest BCUT2D eigenvalue weighted by Crippen LogP contribution is 2.15. The molecule has 0 fully saturated rings. The van der Waals surface area contributed by atoms with E-state index in [2.05, 4.69) is 9.97 Å². The van der Waals surface area contributed by atoms with Gasteiger partial charge in [0.1, 0.15) is 11.7 Å². The third-order valence-corrected chi connectivity index (χ3v) is 2.77. The average Bonchev–Trinajstić information content (AvgIpc) is 2.39. The van der Waals surface area contributed by atoms with Crippen LogP contribution < -0.4 is 10.6 Å². The Morgan fingerprint density at radius 3 is 2.79 bits per heavy atom. The van der Waals surface area contributed by atoms with Crippen molar-refractivity contribution in [1.82, 2.24) is 9.97 Å². The third kappa shape index (κ3) is 3.28. The Morgan fingerprint density at radius 2 is 2.16 bits per heavy atom. The summed E-state index contributed by atoms with van der Waals surface area (Å²) >= 11 is 0. The molecule has 0 spiro atoms. The van der Waals surface area contributed by atoms with Gasteiger partial charge in [-0.25, -0.2) is 4.98 Å². The molecule has 98 valence electrons. The summed E-state index contributed by atoms with van der Waals surface area (Å²) in [6, 6.07) is 9.44. The van der Waals surface area contributed by atoms with Gasteiger partial charge in [0.25, 0.3) is 0 Å². The van der Waals surface area contributed by atoms with Crippen molar-refractivity contribution in [3.63, 3.8) is 0 Å². The summed E-state index contributed by atoms with van der Waals surface area (Å²) in [5.74, 6) is 0.842. The van der Waals surface area contributed by atoms with Crippen LogP contribution in [-0.4, -0.2) is 22.9 Å². The predicted octanol–water partition coefficient (Wildman–Crippen LogP) is 1.71. The highest BCUT2D eigenvalue weighted by atomic mass is 15.2. The Labute approximate surface area is 112 Å². The summed E-state index contributed by atoms with van der Waals surface area (Å²) < 4.78 is 0. The summed E-state index contributed by atoms with van der Waals surface area (Å²) in [6.45, 7) is 2.55. The van der Waals surface area contributed by atoms with E-state index in [1.165, 1.54) is 0 Å². The molecule has 0 aromatic carbocycles. The van der Waals surface area contributed by atoms with Crippen LogP contribution in [-0.2, 0) is 6.54 Å². The number of anilines is 1. The molecular formula is C14H17N5. The fourth-order valence-corrected chi connectivity index (χ4v) is 1.82. The van der Waals surface area contributed by atoms with E-state index in [1.54, 1.807) is 12.3 Å². The molecule has 2 rings (SSSR count). The minimum Gasteiger partial charge on any atom is -0.384 e. The van der Waals surface area contributed by atoms with Gasteiger partial charge >= 0.3 is 0 Å². The Bertz CT molecular complexity index is 580. The number of aromatic nitrogens is 2. The van der Waals surface area contributed by atoms with Crippen LogP contribution in [0, 0.1) is 12.3 Å². The van der Waals surface area contributed by atoms with E-state index in [1.807, 2.05) is 43.1 Å². The first-order valence-corrected chi connectivity index (χ1v) is 6.00. The molecule has 2 heterocycles. The van der Waals surface area contributed by atoms with Gasteiger partial charge in [0.05, 0.1) is 12.2 Å². The molecule has 0 unspecified atom stereocenters. The largest absolute Gasteiger partial charge is 0.384 e. The van der Waals surface area contributed by atoms with E-state index in [4.69, 9.17) is 11.1 Å². The van der Waals surface area contributed by atoms with E-state index in [0.717, 1.165) is 17.2 Å². The predicted molar refractivity (Wildman–Crippen MR) is 76.3 cm³/mol. The number of rotatable bonds is 4. The fraction of sp³-hybridized carbons (Fsp3) is 0.214. The molecule has 0 atom stereocenters. The first-order valence-electron chi connectivity index (χ1n) is 6.00. The lowest BCUT2D eigenvalue weighted by Crippen LogP contribution is -2.20. The maximum atomic E-state index is 7.51. The molecule has 2 aromatic heterocycles. The number of nitrogen functional groups attached to an aromatic ring is 1. The Hall–Kier alpha value is -2.43.